The van der Waals surface area contributed by atoms with Crippen LogP contribution in [0.1, 0.15) is 16.8 Å². The van der Waals surface area contributed by atoms with Gasteiger partial charge in [0.25, 0.3) is 5.56 Å². The SMILES string of the molecule is Cc1cc(=O)n(Cc2c(F)cccc2Cl)c(SCc2ccccc2)n1. The van der Waals surface area contributed by atoms with Crippen molar-refractivity contribution in [2.75, 3.05) is 0 Å². The van der Waals surface area contributed by atoms with Crippen LogP contribution in [0.15, 0.2) is 64.5 Å². The number of aryl methyl sites for hydroxylation is 1. The average molecular weight is 375 g/mol. The van der Waals surface area contributed by atoms with Gasteiger partial charge in [-0.3, -0.25) is 9.36 Å². The molecule has 0 spiro atoms. The third-order valence-electron chi connectivity index (χ3n) is 3.69. The van der Waals surface area contributed by atoms with Gasteiger partial charge in [0.15, 0.2) is 5.16 Å². The van der Waals surface area contributed by atoms with Crippen LogP contribution in [-0.4, -0.2) is 9.55 Å². The Hall–Kier alpha value is -2.11. The molecule has 3 rings (SSSR count). The lowest BCUT2D eigenvalue weighted by molar-refractivity contribution is 0.574. The van der Waals surface area contributed by atoms with Crippen LogP contribution >= 0.6 is 23.4 Å². The predicted octanol–water partition coefficient (Wildman–Crippen LogP) is 4.68. The molecule has 0 atom stereocenters. The Kier molecular flexibility index (Phi) is 5.56. The minimum atomic E-state index is -0.431. The first kappa shape index (κ1) is 17.7. The number of halogens is 2. The van der Waals surface area contributed by atoms with Gasteiger partial charge in [0, 0.05) is 28.1 Å². The van der Waals surface area contributed by atoms with Crippen molar-refractivity contribution in [1.82, 2.24) is 9.55 Å². The molecular formula is C19H16ClFN2OS. The molecule has 1 heterocycles. The third-order valence-corrected chi connectivity index (χ3v) is 5.09. The zero-order valence-electron chi connectivity index (χ0n) is 13.6. The van der Waals surface area contributed by atoms with Crippen molar-refractivity contribution in [1.29, 1.82) is 0 Å². The number of aromatic nitrogens is 2. The van der Waals surface area contributed by atoms with Gasteiger partial charge in [-0.2, -0.15) is 0 Å². The molecule has 0 saturated heterocycles. The third kappa shape index (κ3) is 4.30. The molecule has 2 aromatic carbocycles. The van der Waals surface area contributed by atoms with E-state index in [0.29, 0.717) is 27.2 Å². The summed E-state index contributed by atoms with van der Waals surface area (Å²) in [6, 6.07) is 15.8. The topological polar surface area (TPSA) is 34.9 Å². The minimum absolute atomic E-state index is 0.0503. The van der Waals surface area contributed by atoms with Crippen molar-refractivity contribution >= 4 is 23.4 Å². The van der Waals surface area contributed by atoms with Crippen LogP contribution < -0.4 is 5.56 Å². The number of hydrogen-bond donors (Lipinski definition) is 0. The Morgan fingerprint density at radius 2 is 1.92 bits per heavy atom. The largest absolute Gasteiger partial charge is 0.283 e. The number of benzene rings is 2. The Bertz CT molecular complexity index is 924. The molecule has 0 N–H and O–H groups in total. The molecule has 0 aliphatic rings. The Morgan fingerprint density at radius 1 is 1.16 bits per heavy atom. The van der Waals surface area contributed by atoms with Gasteiger partial charge in [0.1, 0.15) is 5.82 Å². The Morgan fingerprint density at radius 3 is 2.64 bits per heavy atom. The number of hydrogen-bond acceptors (Lipinski definition) is 3. The molecule has 6 heteroatoms. The van der Waals surface area contributed by atoms with E-state index in [0.717, 1.165) is 5.56 Å². The summed E-state index contributed by atoms with van der Waals surface area (Å²) in [5.41, 5.74) is 1.83. The first-order valence-corrected chi connectivity index (χ1v) is 9.09. The van der Waals surface area contributed by atoms with Crippen molar-refractivity contribution in [3.05, 3.63) is 92.6 Å². The van der Waals surface area contributed by atoms with E-state index in [9.17, 15) is 9.18 Å². The molecule has 0 amide bonds. The Balaban J connectivity index is 1.94. The number of rotatable bonds is 5. The molecular weight excluding hydrogens is 359 g/mol. The molecule has 0 radical (unpaired) electrons. The highest BCUT2D eigenvalue weighted by atomic mass is 35.5. The molecule has 0 fully saturated rings. The summed E-state index contributed by atoms with van der Waals surface area (Å²) < 4.78 is 15.6. The van der Waals surface area contributed by atoms with E-state index in [2.05, 4.69) is 4.98 Å². The summed E-state index contributed by atoms with van der Waals surface area (Å²) in [5, 5.41) is 0.847. The highest BCUT2D eigenvalue weighted by Gasteiger charge is 2.13. The van der Waals surface area contributed by atoms with Gasteiger partial charge in [0.05, 0.1) is 6.54 Å². The van der Waals surface area contributed by atoms with Gasteiger partial charge >= 0.3 is 0 Å². The molecule has 0 bridgehead atoms. The Labute approximate surface area is 154 Å². The van der Waals surface area contributed by atoms with Crippen LogP contribution in [0.3, 0.4) is 0 Å². The van der Waals surface area contributed by atoms with Crippen molar-refractivity contribution in [3.63, 3.8) is 0 Å². The number of thioether (sulfide) groups is 1. The molecule has 128 valence electrons. The fourth-order valence-corrected chi connectivity index (χ4v) is 3.64. The van der Waals surface area contributed by atoms with Crippen LogP contribution in [0.4, 0.5) is 4.39 Å². The fraction of sp³-hybridized carbons (Fsp3) is 0.158. The molecule has 0 unspecified atom stereocenters. The average Bonchev–Trinajstić information content (AvgIpc) is 2.59. The van der Waals surface area contributed by atoms with E-state index in [4.69, 9.17) is 11.6 Å². The zero-order chi connectivity index (χ0) is 17.8. The standard InChI is InChI=1S/C19H16ClFN2OS/c1-13-10-18(24)23(11-15-16(20)8-5-9-17(15)21)19(22-13)25-12-14-6-3-2-4-7-14/h2-10H,11-12H2,1H3. The van der Waals surface area contributed by atoms with Crippen molar-refractivity contribution in [3.8, 4) is 0 Å². The van der Waals surface area contributed by atoms with Gasteiger partial charge in [-0.1, -0.05) is 59.8 Å². The fourth-order valence-electron chi connectivity index (χ4n) is 2.41. The smallest absolute Gasteiger partial charge is 0.254 e. The quantitative estimate of drug-likeness (QED) is 0.480. The molecule has 1 aromatic heterocycles. The summed E-state index contributed by atoms with van der Waals surface area (Å²) in [5.74, 6) is 0.237. The predicted molar refractivity (Wildman–Crippen MR) is 99.7 cm³/mol. The van der Waals surface area contributed by atoms with Crippen molar-refractivity contribution in [2.24, 2.45) is 0 Å². The van der Waals surface area contributed by atoms with E-state index in [1.54, 1.807) is 19.1 Å². The minimum Gasteiger partial charge on any atom is -0.283 e. The van der Waals surface area contributed by atoms with E-state index in [-0.39, 0.29) is 12.1 Å². The van der Waals surface area contributed by atoms with E-state index < -0.39 is 5.82 Å². The lowest BCUT2D eigenvalue weighted by Crippen LogP contribution is -2.24. The second kappa shape index (κ2) is 7.85. The molecule has 0 aliphatic carbocycles. The molecule has 0 saturated carbocycles. The summed E-state index contributed by atoms with van der Waals surface area (Å²) >= 11 is 7.55. The summed E-state index contributed by atoms with van der Waals surface area (Å²) in [4.78, 5) is 16.9. The lowest BCUT2D eigenvalue weighted by atomic mass is 10.2. The van der Waals surface area contributed by atoms with Crippen LogP contribution in [0.2, 0.25) is 5.02 Å². The van der Waals surface area contributed by atoms with Gasteiger partial charge < -0.3 is 0 Å². The van der Waals surface area contributed by atoms with Crippen LogP contribution in [0.5, 0.6) is 0 Å². The van der Waals surface area contributed by atoms with E-state index >= 15 is 0 Å². The lowest BCUT2D eigenvalue weighted by Gasteiger charge is -2.13. The summed E-state index contributed by atoms with van der Waals surface area (Å²) in [6.07, 6.45) is 0. The second-order valence-corrected chi connectivity index (χ2v) is 6.93. The second-order valence-electron chi connectivity index (χ2n) is 5.58. The van der Waals surface area contributed by atoms with Crippen molar-refractivity contribution in [2.45, 2.75) is 24.4 Å². The van der Waals surface area contributed by atoms with Crippen molar-refractivity contribution < 1.29 is 4.39 Å². The van der Waals surface area contributed by atoms with Gasteiger partial charge in [-0.25, -0.2) is 9.37 Å². The van der Waals surface area contributed by atoms with E-state index in [1.165, 1.54) is 28.5 Å². The van der Waals surface area contributed by atoms with Crippen LogP contribution in [0.25, 0.3) is 0 Å². The molecule has 0 aliphatic heterocycles. The monoisotopic (exact) mass is 374 g/mol. The van der Waals surface area contributed by atoms with E-state index in [1.807, 2.05) is 30.3 Å². The zero-order valence-corrected chi connectivity index (χ0v) is 15.1. The van der Waals surface area contributed by atoms with Gasteiger partial charge in [0.2, 0.25) is 0 Å². The van der Waals surface area contributed by atoms with Crippen LogP contribution in [0, 0.1) is 12.7 Å². The number of nitrogens with zero attached hydrogens (tertiary/aromatic N) is 2. The maximum absolute atomic E-state index is 14.1. The molecule has 3 aromatic rings. The summed E-state index contributed by atoms with van der Waals surface area (Å²) in [7, 11) is 0. The first-order chi connectivity index (χ1) is 12.0. The molecule has 3 nitrogen and oxygen atoms in total. The maximum Gasteiger partial charge on any atom is 0.254 e. The highest BCUT2D eigenvalue weighted by Crippen LogP contribution is 2.24. The summed E-state index contributed by atoms with van der Waals surface area (Å²) in [6.45, 7) is 1.82. The normalized spacial score (nSPS) is 10.8. The first-order valence-electron chi connectivity index (χ1n) is 7.72. The van der Waals surface area contributed by atoms with Gasteiger partial charge in [-0.15, -0.1) is 0 Å². The maximum atomic E-state index is 14.1. The van der Waals surface area contributed by atoms with Crippen LogP contribution in [-0.2, 0) is 12.3 Å². The highest BCUT2D eigenvalue weighted by molar-refractivity contribution is 7.98. The molecule has 25 heavy (non-hydrogen) atoms. The van der Waals surface area contributed by atoms with Gasteiger partial charge in [-0.05, 0) is 24.6 Å².